The molecule has 4 nitrogen and oxygen atoms in total. The summed E-state index contributed by atoms with van der Waals surface area (Å²) in [6, 6.07) is 2.93. The van der Waals surface area contributed by atoms with Crippen LogP contribution in [0.4, 0.5) is 8.78 Å². The van der Waals surface area contributed by atoms with Crippen molar-refractivity contribution in [1.29, 1.82) is 0 Å². The molecule has 2 rings (SSSR count). The van der Waals surface area contributed by atoms with Gasteiger partial charge in [0.25, 0.3) is 0 Å². The molecule has 1 aromatic rings. The van der Waals surface area contributed by atoms with Gasteiger partial charge in [0.05, 0.1) is 6.10 Å². The Balaban J connectivity index is 2.15. The third kappa shape index (κ3) is 2.85. The van der Waals surface area contributed by atoms with Gasteiger partial charge in [0.2, 0.25) is 10.0 Å². The maximum absolute atomic E-state index is 13.4. The molecule has 1 fully saturated rings. The molecule has 0 aliphatic carbocycles. The Bertz CT molecular complexity index is 507. The van der Waals surface area contributed by atoms with E-state index in [2.05, 4.69) is 4.72 Å². The zero-order valence-electron chi connectivity index (χ0n) is 9.53. The first kappa shape index (κ1) is 13.4. The summed E-state index contributed by atoms with van der Waals surface area (Å²) < 4.78 is 57.7. The molecule has 7 heteroatoms. The SMILES string of the molecule is O=S(=O)(NCC1CCCO1)c1c(F)cccc1F. The number of hydrogen-bond donors (Lipinski definition) is 1. The topological polar surface area (TPSA) is 55.4 Å². The molecule has 18 heavy (non-hydrogen) atoms. The Morgan fingerprint density at radius 1 is 1.33 bits per heavy atom. The van der Waals surface area contributed by atoms with E-state index >= 15 is 0 Å². The second-order valence-corrected chi connectivity index (χ2v) is 5.74. The zero-order chi connectivity index (χ0) is 13.2. The van der Waals surface area contributed by atoms with Crippen LogP contribution < -0.4 is 4.72 Å². The van der Waals surface area contributed by atoms with Crippen molar-refractivity contribution in [2.75, 3.05) is 13.2 Å². The molecular weight excluding hydrogens is 264 g/mol. The van der Waals surface area contributed by atoms with Gasteiger partial charge in [-0.15, -0.1) is 0 Å². The van der Waals surface area contributed by atoms with Crippen molar-refractivity contribution < 1.29 is 21.9 Å². The lowest BCUT2D eigenvalue weighted by molar-refractivity contribution is 0.114. The molecule has 1 unspecified atom stereocenters. The monoisotopic (exact) mass is 277 g/mol. The lowest BCUT2D eigenvalue weighted by atomic mass is 10.2. The van der Waals surface area contributed by atoms with Crippen LogP contribution in [-0.4, -0.2) is 27.7 Å². The number of ether oxygens (including phenoxy) is 1. The Morgan fingerprint density at radius 3 is 2.56 bits per heavy atom. The average molecular weight is 277 g/mol. The molecule has 0 spiro atoms. The molecule has 1 aliphatic heterocycles. The second kappa shape index (κ2) is 5.29. The van der Waals surface area contributed by atoms with Crippen LogP contribution >= 0.6 is 0 Å². The minimum absolute atomic E-state index is 0.0239. The third-order valence-corrected chi connectivity index (χ3v) is 4.19. The largest absolute Gasteiger partial charge is 0.377 e. The van der Waals surface area contributed by atoms with Crippen LogP contribution in [0.5, 0.6) is 0 Å². The van der Waals surface area contributed by atoms with Crippen molar-refractivity contribution in [3.8, 4) is 0 Å². The molecule has 1 aliphatic rings. The summed E-state index contributed by atoms with van der Waals surface area (Å²) in [4.78, 5) is -0.942. The highest BCUT2D eigenvalue weighted by atomic mass is 32.2. The lowest BCUT2D eigenvalue weighted by Gasteiger charge is -2.12. The number of nitrogens with one attached hydrogen (secondary N) is 1. The number of hydrogen-bond acceptors (Lipinski definition) is 3. The molecule has 1 heterocycles. The van der Waals surface area contributed by atoms with Crippen molar-refractivity contribution in [2.45, 2.75) is 23.8 Å². The summed E-state index contributed by atoms with van der Waals surface area (Å²) in [5.41, 5.74) is 0. The molecule has 0 saturated carbocycles. The van der Waals surface area contributed by atoms with E-state index in [0.717, 1.165) is 31.0 Å². The highest BCUT2D eigenvalue weighted by molar-refractivity contribution is 7.89. The van der Waals surface area contributed by atoms with E-state index in [4.69, 9.17) is 4.74 Å². The lowest BCUT2D eigenvalue weighted by Crippen LogP contribution is -2.32. The van der Waals surface area contributed by atoms with E-state index in [9.17, 15) is 17.2 Å². The summed E-state index contributed by atoms with van der Waals surface area (Å²) in [6.45, 7) is 0.608. The van der Waals surface area contributed by atoms with Crippen molar-refractivity contribution in [3.63, 3.8) is 0 Å². The Labute approximate surface area is 104 Å². The van der Waals surface area contributed by atoms with Gasteiger partial charge >= 0.3 is 0 Å². The summed E-state index contributed by atoms with van der Waals surface area (Å²) in [7, 11) is -4.19. The van der Waals surface area contributed by atoms with Gasteiger partial charge in [-0.25, -0.2) is 21.9 Å². The van der Waals surface area contributed by atoms with Crippen molar-refractivity contribution >= 4 is 10.0 Å². The fourth-order valence-electron chi connectivity index (χ4n) is 1.82. The van der Waals surface area contributed by atoms with E-state index in [1.54, 1.807) is 0 Å². The summed E-state index contributed by atoms with van der Waals surface area (Å²) in [5, 5.41) is 0. The first-order valence-corrected chi connectivity index (χ1v) is 7.04. The van der Waals surface area contributed by atoms with E-state index in [1.807, 2.05) is 0 Å². The fraction of sp³-hybridized carbons (Fsp3) is 0.455. The van der Waals surface area contributed by atoms with Crippen molar-refractivity contribution in [2.24, 2.45) is 0 Å². The number of rotatable bonds is 4. The second-order valence-electron chi connectivity index (χ2n) is 4.04. The van der Waals surface area contributed by atoms with E-state index < -0.39 is 26.6 Å². The van der Waals surface area contributed by atoms with Gasteiger partial charge in [0, 0.05) is 13.2 Å². The summed E-state index contributed by atoms with van der Waals surface area (Å²) in [5.74, 6) is -2.20. The molecule has 1 atom stereocenters. The van der Waals surface area contributed by atoms with Crippen LogP contribution in [0.1, 0.15) is 12.8 Å². The first-order chi connectivity index (χ1) is 8.50. The van der Waals surface area contributed by atoms with Gasteiger partial charge in [-0.3, -0.25) is 0 Å². The maximum atomic E-state index is 13.4. The van der Waals surface area contributed by atoms with E-state index in [-0.39, 0.29) is 12.6 Å². The highest BCUT2D eigenvalue weighted by Crippen LogP contribution is 2.18. The Kier molecular flexibility index (Phi) is 3.94. The zero-order valence-corrected chi connectivity index (χ0v) is 10.3. The molecule has 100 valence electrons. The van der Waals surface area contributed by atoms with Crippen LogP contribution in [0.25, 0.3) is 0 Å². The number of sulfonamides is 1. The molecule has 0 amide bonds. The maximum Gasteiger partial charge on any atom is 0.246 e. The van der Waals surface area contributed by atoms with Gasteiger partial charge in [0.15, 0.2) is 4.90 Å². The van der Waals surface area contributed by atoms with Gasteiger partial charge in [-0.05, 0) is 25.0 Å². The standard InChI is InChI=1S/C11H13F2NO3S/c12-9-4-1-5-10(13)11(9)18(15,16)14-7-8-3-2-6-17-8/h1,4-5,8,14H,2-3,6-7H2. The third-order valence-electron chi connectivity index (χ3n) is 2.71. The summed E-state index contributed by atoms with van der Waals surface area (Å²) >= 11 is 0. The van der Waals surface area contributed by atoms with E-state index in [1.165, 1.54) is 0 Å². The number of halogens is 2. The molecular formula is C11H13F2NO3S. The van der Waals surface area contributed by atoms with Crippen LogP contribution in [-0.2, 0) is 14.8 Å². The molecule has 0 radical (unpaired) electrons. The first-order valence-electron chi connectivity index (χ1n) is 5.56. The summed E-state index contributed by atoms with van der Waals surface area (Å²) in [6.07, 6.45) is 1.37. The Hall–Kier alpha value is -1.05. The van der Waals surface area contributed by atoms with Crippen LogP contribution in [0.2, 0.25) is 0 Å². The molecule has 0 aromatic heterocycles. The Morgan fingerprint density at radius 2 is 2.00 bits per heavy atom. The van der Waals surface area contributed by atoms with Gasteiger partial charge in [-0.2, -0.15) is 0 Å². The molecule has 1 aromatic carbocycles. The predicted octanol–water partition coefficient (Wildman–Crippen LogP) is 1.42. The van der Waals surface area contributed by atoms with Gasteiger partial charge < -0.3 is 4.74 Å². The molecule has 1 saturated heterocycles. The highest BCUT2D eigenvalue weighted by Gasteiger charge is 2.25. The number of benzene rings is 1. The van der Waals surface area contributed by atoms with Crippen molar-refractivity contribution in [3.05, 3.63) is 29.8 Å². The smallest absolute Gasteiger partial charge is 0.246 e. The van der Waals surface area contributed by atoms with Crippen molar-refractivity contribution in [1.82, 2.24) is 4.72 Å². The average Bonchev–Trinajstić information content (AvgIpc) is 2.78. The van der Waals surface area contributed by atoms with Gasteiger partial charge in [-0.1, -0.05) is 6.07 Å². The van der Waals surface area contributed by atoms with Crippen LogP contribution in [0.15, 0.2) is 23.1 Å². The minimum Gasteiger partial charge on any atom is -0.377 e. The van der Waals surface area contributed by atoms with Crippen LogP contribution in [0, 0.1) is 11.6 Å². The molecule has 0 bridgehead atoms. The van der Waals surface area contributed by atoms with E-state index in [0.29, 0.717) is 6.61 Å². The van der Waals surface area contributed by atoms with Crippen LogP contribution in [0.3, 0.4) is 0 Å². The molecule has 1 N–H and O–H groups in total. The minimum atomic E-state index is -4.19. The van der Waals surface area contributed by atoms with Gasteiger partial charge in [0.1, 0.15) is 11.6 Å². The fourth-order valence-corrected chi connectivity index (χ4v) is 3.02. The quantitative estimate of drug-likeness (QED) is 0.905. The normalized spacial score (nSPS) is 20.2. The predicted molar refractivity (Wildman–Crippen MR) is 60.5 cm³/mol.